The standard InChI is InChI=1S/C33H34N4O6/c1-40-29-28(26-8-3-4-9-27(26)36-30(29)41-2)43-25-12-10-23(11-13-25)34-31(38)33(14-15-33)32(39)35-24-7-5-6-22(20-24)21-37-16-18-42-19-17-37/h3-13,20H,14-19,21H2,1-2H3,(H,34,38)(H,35,39). The van der Waals surface area contributed by atoms with Crippen LogP contribution in [0.1, 0.15) is 18.4 Å². The van der Waals surface area contributed by atoms with Gasteiger partial charge >= 0.3 is 0 Å². The van der Waals surface area contributed by atoms with Crippen molar-refractivity contribution < 1.29 is 28.5 Å². The van der Waals surface area contributed by atoms with Gasteiger partial charge in [0.05, 0.1) is 33.0 Å². The molecule has 0 bridgehead atoms. The maximum absolute atomic E-state index is 13.3. The quantitative estimate of drug-likeness (QED) is 0.245. The molecule has 43 heavy (non-hydrogen) atoms. The number of hydrogen-bond donors (Lipinski definition) is 2. The number of nitrogens with zero attached hydrogens (tertiary/aromatic N) is 2. The molecule has 0 spiro atoms. The van der Waals surface area contributed by atoms with Crippen LogP contribution in [0.15, 0.2) is 72.8 Å². The van der Waals surface area contributed by atoms with E-state index in [1.54, 1.807) is 24.3 Å². The number of pyridine rings is 1. The predicted octanol–water partition coefficient (Wildman–Crippen LogP) is 5.23. The molecule has 222 valence electrons. The number of benzene rings is 3. The van der Waals surface area contributed by atoms with Crippen LogP contribution in [0.25, 0.3) is 10.9 Å². The monoisotopic (exact) mass is 582 g/mol. The summed E-state index contributed by atoms with van der Waals surface area (Å²) in [5.74, 6) is 1.09. The van der Waals surface area contributed by atoms with Gasteiger partial charge in [-0.1, -0.05) is 24.3 Å². The Morgan fingerprint density at radius 3 is 2.28 bits per heavy atom. The number of morpholine rings is 1. The van der Waals surface area contributed by atoms with Crippen molar-refractivity contribution in [3.8, 4) is 23.1 Å². The fourth-order valence-electron chi connectivity index (χ4n) is 5.24. The highest BCUT2D eigenvalue weighted by Gasteiger charge is 2.56. The van der Waals surface area contributed by atoms with Crippen LogP contribution in [-0.4, -0.2) is 62.2 Å². The lowest BCUT2D eigenvalue weighted by Crippen LogP contribution is -2.36. The summed E-state index contributed by atoms with van der Waals surface area (Å²) in [5.41, 5.74) is 1.97. The fraction of sp³-hybridized carbons (Fsp3) is 0.303. The summed E-state index contributed by atoms with van der Waals surface area (Å²) in [6, 6.07) is 22.3. The second kappa shape index (κ2) is 12.3. The molecule has 0 unspecified atom stereocenters. The fourth-order valence-corrected chi connectivity index (χ4v) is 5.24. The van der Waals surface area contributed by atoms with E-state index in [0.29, 0.717) is 52.9 Å². The first-order chi connectivity index (χ1) is 21.0. The normalized spacial score (nSPS) is 15.9. The van der Waals surface area contributed by atoms with E-state index in [4.69, 9.17) is 18.9 Å². The van der Waals surface area contributed by atoms with Crippen LogP contribution < -0.4 is 24.8 Å². The summed E-state index contributed by atoms with van der Waals surface area (Å²) in [6.45, 7) is 4.02. The minimum Gasteiger partial charge on any atom is -0.489 e. The van der Waals surface area contributed by atoms with Crippen molar-refractivity contribution in [2.24, 2.45) is 5.41 Å². The number of aromatic nitrogens is 1. The first-order valence-corrected chi connectivity index (χ1v) is 14.3. The molecular formula is C33H34N4O6. The van der Waals surface area contributed by atoms with Crippen molar-refractivity contribution in [2.75, 3.05) is 51.2 Å². The molecule has 6 rings (SSSR count). The zero-order chi connectivity index (χ0) is 29.8. The van der Waals surface area contributed by atoms with Gasteiger partial charge in [0.15, 0.2) is 5.75 Å². The minimum absolute atomic E-state index is 0.293. The molecule has 3 aromatic carbocycles. The number of para-hydroxylation sites is 1. The molecule has 2 heterocycles. The second-order valence-corrected chi connectivity index (χ2v) is 10.7. The maximum Gasteiger partial charge on any atom is 0.261 e. The highest BCUT2D eigenvalue weighted by Crippen LogP contribution is 2.48. The van der Waals surface area contributed by atoms with Crippen molar-refractivity contribution in [3.63, 3.8) is 0 Å². The molecule has 4 aromatic rings. The number of hydrogen-bond acceptors (Lipinski definition) is 8. The summed E-state index contributed by atoms with van der Waals surface area (Å²) in [7, 11) is 3.06. The van der Waals surface area contributed by atoms with E-state index < -0.39 is 5.41 Å². The molecular weight excluding hydrogens is 548 g/mol. The number of ether oxygens (including phenoxy) is 4. The number of methoxy groups -OCH3 is 2. The van der Waals surface area contributed by atoms with Gasteiger partial charge in [-0.2, -0.15) is 0 Å². The van der Waals surface area contributed by atoms with E-state index in [0.717, 1.165) is 43.8 Å². The molecule has 0 atom stereocenters. The molecule has 2 fully saturated rings. The van der Waals surface area contributed by atoms with Gasteiger partial charge in [-0.3, -0.25) is 14.5 Å². The molecule has 1 aliphatic heterocycles. The van der Waals surface area contributed by atoms with Gasteiger partial charge in [0.1, 0.15) is 11.2 Å². The Morgan fingerprint density at radius 1 is 0.860 bits per heavy atom. The smallest absolute Gasteiger partial charge is 0.261 e. The van der Waals surface area contributed by atoms with Gasteiger partial charge in [0, 0.05) is 36.4 Å². The summed E-state index contributed by atoms with van der Waals surface area (Å²) >= 11 is 0. The van der Waals surface area contributed by atoms with E-state index >= 15 is 0 Å². The lowest BCUT2D eigenvalue weighted by molar-refractivity contribution is -0.131. The number of fused-ring (bicyclic) bond motifs is 1. The number of nitrogens with one attached hydrogen (secondary N) is 2. The van der Waals surface area contributed by atoms with Crippen LogP contribution in [0.3, 0.4) is 0 Å². The van der Waals surface area contributed by atoms with Crippen molar-refractivity contribution in [1.82, 2.24) is 9.88 Å². The number of carbonyl (C=O) groups is 2. The number of anilines is 2. The summed E-state index contributed by atoms with van der Waals surface area (Å²) in [4.78, 5) is 33.4. The third-order valence-corrected chi connectivity index (χ3v) is 7.81. The van der Waals surface area contributed by atoms with Crippen LogP contribution in [-0.2, 0) is 20.9 Å². The summed E-state index contributed by atoms with van der Waals surface area (Å²) in [5, 5.41) is 6.65. The van der Waals surface area contributed by atoms with Crippen LogP contribution in [0.4, 0.5) is 11.4 Å². The molecule has 2 aliphatic rings. The van der Waals surface area contributed by atoms with Gasteiger partial charge in [-0.05, 0) is 66.9 Å². The maximum atomic E-state index is 13.3. The van der Waals surface area contributed by atoms with Crippen molar-refractivity contribution in [2.45, 2.75) is 19.4 Å². The zero-order valence-corrected chi connectivity index (χ0v) is 24.2. The average Bonchev–Trinajstić information content (AvgIpc) is 3.85. The van der Waals surface area contributed by atoms with Crippen molar-refractivity contribution >= 4 is 34.1 Å². The van der Waals surface area contributed by atoms with Gasteiger partial charge in [0.2, 0.25) is 17.6 Å². The molecule has 1 saturated heterocycles. The van der Waals surface area contributed by atoms with E-state index in [1.165, 1.54) is 14.2 Å². The Labute approximate surface area is 249 Å². The lowest BCUT2D eigenvalue weighted by atomic mass is 10.0. The number of rotatable bonds is 10. The molecule has 1 saturated carbocycles. The van der Waals surface area contributed by atoms with Crippen LogP contribution in [0.2, 0.25) is 0 Å². The number of amides is 2. The Balaban J connectivity index is 1.11. The molecule has 0 radical (unpaired) electrons. The highest BCUT2D eigenvalue weighted by molar-refractivity contribution is 6.16. The van der Waals surface area contributed by atoms with Gasteiger partial charge in [-0.25, -0.2) is 4.98 Å². The first kappa shape index (κ1) is 28.4. The Bertz CT molecular complexity index is 1630. The third kappa shape index (κ3) is 6.11. The first-order valence-electron chi connectivity index (χ1n) is 14.3. The second-order valence-electron chi connectivity index (χ2n) is 10.7. The van der Waals surface area contributed by atoms with E-state index in [-0.39, 0.29) is 11.8 Å². The molecule has 10 nitrogen and oxygen atoms in total. The average molecular weight is 583 g/mol. The van der Waals surface area contributed by atoms with Crippen molar-refractivity contribution in [1.29, 1.82) is 0 Å². The van der Waals surface area contributed by atoms with Crippen LogP contribution >= 0.6 is 0 Å². The highest BCUT2D eigenvalue weighted by atomic mass is 16.5. The minimum atomic E-state index is -1.09. The van der Waals surface area contributed by atoms with Crippen LogP contribution in [0, 0.1) is 5.41 Å². The summed E-state index contributed by atoms with van der Waals surface area (Å²) < 4.78 is 22.6. The van der Waals surface area contributed by atoms with Gasteiger partial charge in [-0.15, -0.1) is 0 Å². The molecule has 10 heteroatoms. The Hall–Kier alpha value is -4.67. The lowest BCUT2D eigenvalue weighted by Gasteiger charge is -2.26. The zero-order valence-electron chi connectivity index (χ0n) is 24.2. The predicted molar refractivity (Wildman–Crippen MR) is 163 cm³/mol. The molecule has 2 N–H and O–H groups in total. The topological polar surface area (TPSA) is 111 Å². The van der Waals surface area contributed by atoms with Crippen molar-refractivity contribution in [3.05, 3.63) is 78.4 Å². The van der Waals surface area contributed by atoms with E-state index in [9.17, 15) is 9.59 Å². The van der Waals surface area contributed by atoms with Crippen LogP contribution in [0.5, 0.6) is 23.1 Å². The largest absolute Gasteiger partial charge is 0.489 e. The molecule has 1 aromatic heterocycles. The van der Waals surface area contributed by atoms with E-state index in [2.05, 4.69) is 20.5 Å². The summed E-state index contributed by atoms with van der Waals surface area (Å²) in [6.07, 6.45) is 0.992. The SMILES string of the molecule is COc1nc2ccccc2c(Oc2ccc(NC(=O)C3(C(=O)Nc4cccc(CN5CCOCC5)c4)CC3)cc2)c1OC. The van der Waals surface area contributed by atoms with Gasteiger partial charge < -0.3 is 29.6 Å². The molecule has 1 aliphatic carbocycles. The Morgan fingerprint density at radius 2 is 1.58 bits per heavy atom. The third-order valence-electron chi connectivity index (χ3n) is 7.81. The Kier molecular flexibility index (Phi) is 8.13. The van der Waals surface area contributed by atoms with E-state index in [1.807, 2.05) is 48.5 Å². The van der Waals surface area contributed by atoms with Gasteiger partial charge in [0.25, 0.3) is 5.88 Å². The molecule has 2 amide bonds. The number of carbonyl (C=O) groups excluding carboxylic acids is 2.